The highest BCUT2D eigenvalue weighted by atomic mass is 32.1. The summed E-state index contributed by atoms with van der Waals surface area (Å²) in [5, 5.41) is 4.84. The van der Waals surface area contributed by atoms with Gasteiger partial charge in [0.2, 0.25) is 0 Å². The number of thiophene rings is 1. The molecule has 0 spiro atoms. The zero-order valence-corrected chi connectivity index (χ0v) is 16.3. The molecule has 3 aromatic rings. The number of thiazole rings is 1. The van der Waals surface area contributed by atoms with E-state index in [0.717, 1.165) is 40.4 Å². The van der Waals surface area contributed by atoms with Gasteiger partial charge in [-0.05, 0) is 13.0 Å². The maximum absolute atomic E-state index is 12.4. The van der Waals surface area contributed by atoms with Crippen molar-refractivity contribution in [2.24, 2.45) is 0 Å². The number of fused-ring (bicyclic) bond motifs is 1. The Labute approximate surface area is 159 Å². The molecule has 136 valence electrons. The van der Waals surface area contributed by atoms with Crippen molar-refractivity contribution in [3.8, 4) is 0 Å². The first-order valence-corrected chi connectivity index (χ1v) is 10.1. The molecular formula is C18H20N4O2S2. The van der Waals surface area contributed by atoms with Crippen LogP contribution in [0.5, 0.6) is 0 Å². The minimum Gasteiger partial charge on any atom is -0.371 e. The van der Waals surface area contributed by atoms with Crippen molar-refractivity contribution in [3.63, 3.8) is 0 Å². The Morgan fingerprint density at radius 1 is 1.42 bits per heavy atom. The molecule has 1 N–H and O–H groups in total. The Hall–Kier alpha value is -1.87. The summed E-state index contributed by atoms with van der Waals surface area (Å²) in [5.74, 6) is -0.0817. The van der Waals surface area contributed by atoms with Crippen LogP contribution in [0, 0.1) is 6.92 Å². The molecule has 4 heterocycles. The van der Waals surface area contributed by atoms with Gasteiger partial charge in [-0.25, -0.2) is 9.97 Å². The van der Waals surface area contributed by atoms with Crippen LogP contribution in [0.2, 0.25) is 0 Å². The average molecular weight is 389 g/mol. The van der Waals surface area contributed by atoms with Crippen LogP contribution in [-0.4, -0.2) is 47.5 Å². The topological polar surface area (TPSA) is 67.4 Å². The van der Waals surface area contributed by atoms with Gasteiger partial charge in [-0.1, -0.05) is 6.07 Å². The summed E-state index contributed by atoms with van der Waals surface area (Å²) in [6, 6.07) is 3.93. The summed E-state index contributed by atoms with van der Waals surface area (Å²) in [7, 11) is 1.66. The molecule has 4 rings (SSSR count). The van der Waals surface area contributed by atoms with E-state index in [4.69, 9.17) is 4.74 Å². The standard InChI is InChI=1S/C18H20N4O2S2/c1-11-21-8-12(25-11)9-22-6-7-24-14(10-22)15-13-4-3-5-20-18(13)26-16(15)17(23)19-2/h3-5,8,14H,6-7,9-10H2,1-2H3,(H,19,23)/t14-/m1/s1. The second-order valence-electron chi connectivity index (χ2n) is 6.22. The fraction of sp³-hybridized carbons (Fsp3) is 0.389. The predicted molar refractivity (Wildman–Crippen MR) is 104 cm³/mol. The van der Waals surface area contributed by atoms with E-state index in [1.54, 1.807) is 24.6 Å². The molecule has 1 aliphatic rings. The summed E-state index contributed by atoms with van der Waals surface area (Å²) in [4.78, 5) is 26.4. The first-order valence-electron chi connectivity index (χ1n) is 8.50. The maximum atomic E-state index is 12.4. The number of pyridine rings is 1. The van der Waals surface area contributed by atoms with E-state index in [0.29, 0.717) is 11.5 Å². The number of hydrogen-bond acceptors (Lipinski definition) is 7. The molecule has 0 aliphatic carbocycles. The number of hydrogen-bond donors (Lipinski definition) is 1. The number of carbonyl (C=O) groups excluding carboxylic acids is 1. The van der Waals surface area contributed by atoms with Crippen LogP contribution >= 0.6 is 22.7 Å². The number of rotatable bonds is 4. The molecule has 0 unspecified atom stereocenters. The zero-order chi connectivity index (χ0) is 18.1. The van der Waals surface area contributed by atoms with Crippen LogP contribution in [0.4, 0.5) is 0 Å². The SMILES string of the molecule is CNC(=O)c1sc2ncccc2c1[C@H]1CN(Cc2cnc(C)s2)CCO1. The van der Waals surface area contributed by atoms with Crippen molar-refractivity contribution >= 4 is 38.8 Å². The minimum absolute atomic E-state index is 0.0817. The molecule has 1 fully saturated rings. The summed E-state index contributed by atoms with van der Waals surface area (Å²) >= 11 is 3.16. The lowest BCUT2D eigenvalue weighted by molar-refractivity contribution is -0.0320. The highest BCUT2D eigenvalue weighted by Crippen LogP contribution is 2.37. The second kappa shape index (κ2) is 7.40. The number of carbonyl (C=O) groups is 1. The first kappa shape index (κ1) is 17.5. The van der Waals surface area contributed by atoms with Gasteiger partial charge in [-0.15, -0.1) is 22.7 Å². The van der Waals surface area contributed by atoms with E-state index in [1.807, 2.05) is 25.3 Å². The van der Waals surface area contributed by atoms with Gasteiger partial charge in [0.05, 0.1) is 17.7 Å². The zero-order valence-electron chi connectivity index (χ0n) is 14.7. The molecule has 1 saturated heterocycles. The lowest BCUT2D eigenvalue weighted by Crippen LogP contribution is -2.38. The Balaban J connectivity index is 1.64. The van der Waals surface area contributed by atoms with Crippen LogP contribution in [0.1, 0.15) is 31.2 Å². The van der Waals surface area contributed by atoms with Crippen molar-refractivity contribution in [1.29, 1.82) is 0 Å². The molecule has 0 aromatic carbocycles. The van der Waals surface area contributed by atoms with Crippen molar-refractivity contribution in [2.75, 3.05) is 26.7 Å². The van der Waals surface area contributed by atoms with E-state index >= 15 is 0 Å². The maximum Gasteiger partial charge on any atom is 0.261 e. The lowest BCUT2D eigenvalue weighted by Gasteiger charge is -2.33. The Bertz CT molecular complexity index is 936. The molecule has 0 bridgehead atoms. The third-order valence-corrected chi connectivity index (χ3v) is 6.48. The average Bonchev–Trinajstić information content (AvgIpc) is 3.24. The third-order valence-electron chi connectivity index (χ3n) is 4.46. The Morgan fingerprint density at radius 2 is 2.31 bits per heavy atom. The van der Waals surface area contributed by atoms with Crippen LogP contribution in [0.25, 0.3) is 10.2 Å². The number of nitrogens with zero attached hydrogens (tertiary/aromatic N) is 3. The van der Waals surface area contributed by atoms with E-state index in [1.165, 1.54) is 16.2 Å². The number of aryl methyl sites for hydroxylation is 1. The van der Waals surface area contributed by atoms with E-state index < -0.39 is 0 Å². The van der Waals surface area contributed by atoms with Gasteiger partial charge in [0.25, 0.3) is 5.91 Å². The molecular weight excluding hydrogens is 368 g/mol. The van der Waals surface area contributed by atoms with Gasteiger partial charge in [0.15, 0.2) is 0 Å². The van der Waals surface area contributed by atoms with E-state index in [2.05, 4.69) is 20.2 Å². The normalized spacial score (nSPS) is 18.3. The van der Waals surface area contributed by atoms with Crippen molar-refractivity contribution in [3.05, 3.63) is 44.9 Å². The molecule has 3 aromatic heterocycles. The fourth-order valence-corrected chi connectivity index (χ4v) is 5.25. The largest absolute Gasteiger partial charge is 0.371 e. The third kappa shape index (κ3) is 3.37. The molecule has 6 nitrogen and oxygen atoms in total. The van der Waals surface area contributed by atoms with Gasteiger partial charge >= 0.3 is 0 Å². The summed E-state index contributed by atoms with van der Waals surface area (Å²) < 4.78 is 6.08. The lowest BCUT2D eigenvalue weighted by atomic mass is 10.0. The summed E-state index contributed by atoms with van der Waals surface area (Å²) in [6.45, 7) is 5.16. The fourth-order valence-electron chi connectivity index (χ4n) is 3.27. The molecule has 0 saturated carbocycles. The smallest absolute Gasteiger partial charge is 0.261 e. The monoisotopic (exact) mass is 388 g/mol. The Morgan fingerprint density at radius 3 is 3.08 bits per heavy atom. The number of aromatic nitrogens is 2. The quantitative estimate of drug-likeness (QED) is 0.744. The number of morpholine rings is 1. The number of ether oxygens (including phenoxy) is 1. The van der Waals surface area contributed by atoms with Crippen LogP contribution in [0.15, 0.2) is 24.5 Å². The molecule has 1 atom stereocenters. The summed E-state index contributed by atoms with van der Waals surface area (Å²) in [6.07, 6.45) is 3.57. The van der Waals surface area contributed by atoms with Crippen LogP contribution in [0.3, 0.4) is 0 Å². The number of amides is 1. The van der Waals surface area contributed by atoms with Crippen LogP contribution < -0.4 is 5.32 Å². The minimum atomic E-state index is -0.136. The summed E-state index contributed by atoms with van der Waals surface area (Å²) in [5.41, 5.74) is 0.961. The Kier molecular flexibility index (Phi) is 4.99. The molecule has 0 radical (unpaired) electrons. The highest BCUT2D eigenvalue weighted by molar-refractivity contribution is 7.20. The predicted octanol–water partition coefficient (Wildman–Crippen LogP) is 2.99. The van der Waals surface area contributed by atoms with Crippen molar-refractivity contribution in [1.82, 2.24) is 20.2 Å². The van der Waals surface area contributed by atoms with E-state index in [9.17, 15) is 4.79 Å². The van der Waals surface area contributed by atoms with Gasteiger partial charge in [0, 0.05) is 54.9 Å². The van der Waals surface area contributed by atoms with Gasteiger partial charge in [0.1, 0.15) is 9.71 Å². The van der Waals surface area contributed by atoms with Crippen LogP contribution in [-0.2, 0) is 11.3 Å². The van der Waals surface area contributed by atoms with E-state index in [-0.39, 0.29) is 12.0 Å². The van der Waals surface area contributed by atoms with Gasteiger partial charge in [-0.2, -0.15) is 0 Å². The molecule has 8 heteroatoms. The van der Waals surface area contributed by atoms with Gasteiger partial charge in [-0.3, -0.25) is 9.69 Å². The van der Waals surface area contributed by atoms with Crippen molar-refractivity contribution < 1.29 is 9.53 Å². The van der Waals surface area contributed by atoms with Gasteiger partial charge < -0.3 is 10.1 Å². The molecule has 1 amide bonds. The van der Waals surface area contributed by atoms with Crippen molar-refractivity contribution in [2.45, 2.75) is 19.6 Å². The second-order valence-corrected chi connectivity index (χ2v) is 8.54. The molecule has 26 heavy (non-hydrogen) atoms. The first-order chi connectivity index (χ1) is 12.7. The highest BCUT2D eigenvalue weighted by Gasteiger charge is 2.30. The number of nitrogens with one attached hydrogen (secondary N) is 1. The molecule has 1 aliphatic heterocycles.